The first kappa shape index (κ1) is 16.2. The summed E-state index contributed by atoms with van der Waals surface area (Å²) in [6, 6.07) is 10.0. The smallest absolute Gasteiger partial charge is 0.333 e. The Bertz CT molecular complexity index is 961. The first-order valence-electron chi connectivity index (χ1n) is 7.68. The Morgan fingerprint density at radius 2 is 1.85 bits per heavy atom. The molecule has 0 radical (unpaired) electrons. The van der Waals surface area contributed by atoms with Crippen molar-refractivity contribution < 1.29 is 23.7 Å². The number of carbonyl (C=O) groups is 3. The van der Waals surface area contributed by atoms with Gasteiger partial charge >= 0.3 is 5.97 Å². The van der Waals surface area contributed by atoms with E-state index in [1.807, 2.05) is 17.5 Å². The largest absolute Gasteiger partial charge is 0.339 e. The van der Waals surface area contributed by atoms with E-state index in [1.165, 1.54) is 23.5 Å². The molecule has 1 aliphatic heterocycles. The fraction of sp³-hybridized carbons (Fsp3) is 0.118. The first-order chi connectivity index (χ1) is 12.6. The second-order valence-electron chi connectivity index (χ2n) is 5.40. The van der Waals surface area contributed by atoms with Crippen LogP contribution in [0.5, 0.6) is 0 Å². The Hall–Kier alpha value is -3.33. The molecule has 9 heteroatoms. The van der Waals surface area contributed by atoms with E-state index in [9.17, 15) is 14.4 Å². The first-order valence-corrected chi connectivity index (χ1v) is 8.56. The van der Waals surface area contributed by atoms with Gasteiger partial charge in [0.05, 0.1) is 22.4 Å². The summed E-state index contributed by atoms with van der Waals surface area (Å²) in [6.45, 7) is 0. The van der Waals surface area contributed by atoms with E-state index in [1.54, 1.807) is 12.1 Å². The van der Waals surface area contributed by atoms with Crippen molar-refractivity contribution in [3.05, 3.63) is 58.8 Å². The molecule has 1 aromatic carbocycles. The number of carbonyl (C=O) groups excluding carboxylic acids is 3. The van der Waals surface area contributed by atoms with Gasteiger partial charge in [0, 0.05) is 6.42 Å². The molecule has 2 aromatic heterocycles. The minimum Gasteiger partial charge on any atom is -0.339 e. The van der Waals surface area contributed by atoms with Gasteiger partial charge in [-0.2, -0.15) is 4.98 Å². The summed E-state index contributed by atoms with van der Waals surface area (Å²) >= 11 is 1.47. The second-order valence-corrected chi connectivity index (χ2v) is 6.35. The molecule has 0 fully saturated rings. The van der Waals surface area contributed by atoms with Crippen LogP contribution >= 0.6 is 11.3 Å². The van der Waals surface area contributed by atoms with Gasteiger partial charge in [0.25, 0.3) is 11.8 Å². The predicted molar refractivity (Wildman–Crippen MR) is 89.0 cm³/mol. The number of aromatic nitrogens is 2. The molecular weight excluding hydrogens is 358 g/mol. The third kappa shape index (κ3) is 2.88. The zero-order valence-electron chi connectivity index (χ0n) is 13.2. The Morgan fingerprint density at radius 3 is 2.50 bits per heavy atom. The van der Waals surface area contributed by atoms with Crippen LogP contribution in [0.2, 0.25) is 0 Å². The minimum absolute atomic E-state index is 0.112. The molecule has 3 aromatic rings. The van der Waals surface area contributed by atoms with Crippen LogP contribution in [0.25, 0.3) is 10.7 Å². The third-order valence-corrected chi connectivity index (χ3v) is 4.57. The number of hydroxylamine groups is 2. The molecule has 2 amide bonds. The molecule has 0 unspecified atom stereocenters. The zero-order chi connectivity index (χ0) is 18.1. The normalized spacial score (nSPS) is 13.2. The minimum atomic E-state index is -0.740. The van der Waals surface area contributed by atoms with Gasteiger partial charge in [-0.15, -0.1) is 11.3 Å². The summed E-state index contributed by atoms with van der Waals surface area (Å²) in [4.78, 5) is 46.3. The van der Waals surface area contributed by atoms with Gasteiger partial charge in [-0.3, -0.25) is 9.59 Å². The van der Waals surface area contributed by atoms with E-state index in [4.69, 9.17) is 9.36 Å². The lowest BCUT2D eigenvalue weighted by Crippen LogP contribution is -2.32. The van der Waals surface area contributed by atoms with Crippen molar-refractivity contribution in [1.29, 1.82) is 0 Å². The van der Waals surface area contributed by atoms with Crippen LogP contribution in [0.1, 0.15) is 33.0 Å². The number of thiophene rings is 1. The van der Waals surface area contributed by atoms with Gasteiger partial charge in [0.2, 0.25) is 11.7 Å². The maximum atomic E-state index is 12.1. The molecule has 0 saturated heterocycles. The van der Waals surface area contributed by atoms with E-state index in [0.717, 1.165) is 4.88 Å². The Labute approximate surface area is 151 Å². The number of aryl methyl sites for hydroxylation is 1. The van der Waals surface area contributed by atoms with Crippen LogP contribution in [0.3, 0.4) is 0 Å². The summed E-state index contributed by atoms with van der Waals surface area (Å²) in [5.41, 5.74) is 0.422. The van der Waals surface area contributed by atoms with Gasteiger partial charge < -0.3 is 9.36 Å². The average Bonchev–Trinajstić information content (AvgIpc) is 3.38. The Morgan fingerprint density at radius 1 is 1.12 bits per heavy atom. The summed E-state index contributed by atoms with van der Waals surface area (Å²) in [7, 11) is 0. The fourth-order valence-corrected chi connectivity index (χ4v) is 3.12. The van der Waals surface area contributed by atoms with Gasteiger partial charge in [0.1, 0.15) is 0 Å². The van der Waals surface area contributed by atoms with Gasteiger partial charge in [-0.1, -0.05) is 28.4 Å². The topological polar surface area (TPSA) is 103 Å². The molecule has 0 saturated carbocycles. The number of nitrogens with zero attached hydrogens (tertiary/aromatic N) is 3. The molecular formula is C17H11N3O5S. The molecule has 0 bridgehead atoms. The van der Waals surface area contributed by atoms with Crippen molar-refractivity contribution in [2.75, 3.05) is 0 Å². The number of imide groups is 1. The molecule has 8 nitrogen and oxygen atoms in total. The predicted octanol–water partition coefficient (Wildman–Crippen LogP) is 2.49. The van der Waals surface area contributed by atoms with Crippen molar-refractivity contribution in [2.45, 2.75) is 12.8 Å². The van der Waals surface area contributed by atoms with Crippen molar-refractivity contribution in [3.63, 3.8) is 0 Å². The highest BCUT2D eigenvalue weighted by atomic mass is 32.1. The number of amides is 2. The zero-order valence-corrected chi connectivity index (χ0v) is 14.1. The summed E-state index contributed by atoms with van der Waals surface area (Å²) in [5, 5.41) is 6.22. The lowest BCUT2D eigenvalue weighted by atomic mass is 10.1. The van der Waals surface area contributed by atoms with E-state index >= 15 is 0 Å². The highest BCUT2D eigenvalue weighted by Gasteiger charge is 2.38. The van der Waals surface area contributed by atoms with Crippen LogP contribution in [0, 0.1) is 0 Å². The van der Waals surface area contributed by atoms with Crippen LogP contribution in [0.15, 0.2) is 46.3 Å². The number of fused-ring (bicyclic) bond motifs is 1. The molecule has 0 atom stereocenters. The van der Waals surface area contributed by atoms with E-state index in [-0.39, 0.29) is 29.9 Å². The molecule has 4 rings (SSSR count). The van der Waals surface area contributed by atoms with E-state index in [0.29, 0.717) is 10.9 Å². The van der Waals surface area contributed by atoms with Gasteiger partial charge in [-0.05, 0) is 23.6 Å². The Kier molecular flexibility index (Phi) is 4.05. The lowest BCUT2D eigenvalue weighted by molar-refractivity contribution is -0.168. The molecule has 1 aliphatic rings. The summed E-state index contributed by atoms with van der Waals surface area (Å²) < 4.78 is 5.09. The lowest BCUT2D eigenvalue weighted by Gasteiger charge is -2.12. The number of hydrogen-bond acceptors (Lipinski definition) is 8. The SMILES string of the molecule is O=C(CCc1nc(-c2cccs2)no1)ON1C(=O)c2ccccc2C1=O. The maximum Gasteiger partial charge on any atom is 0.333 e. The highest BCUT2D eigenvalue weighted by molar-refractivity contribution is 7.13. The highest BCUT2D eigenvalue weighted by Crippen LogP contribution is 2.23. The number of rotatable bonds is 5. The standard InChI is InChI=1S/C17H11N3O5S/c21-14(8-7-13-18-15(19-24-13)12-6-3-9-26-12)25-20-16(22)10-4-1-2-5-11(10)17(20)23/h1-6,9H,7-8H2. The van der Waals surface area contributed by atoms with Crippen LogP contribution < -0.4 is 0 Å². The fourth-order valence-electron chi connectivity index (χ4n) is 2.47. The molecule has 0 spiro atoms. The average molecular weight is 369 g/mol. The molecule has 3 heterocycles. The van der Waals surface area contributed by atoms with Crippen LogP contribution in [-0.4, -0.2) is 33.0 Å². The summed E-state index contributed by atoms with van der Waals surface area (Å²) in [6.07, 6.45) is 0.0276. The molecule has 130 valence electrons. The van der Waals surface area contributed by atoms with Crippen molar-refractivity contribution in [2.24, 2.45) is 0 Å². The number of hydrogen-bond donors (Lipinski definition) is 0. The van der Waals surface area contributed by atoms with Crippen molar-refractivity contribution in [3.8, 4) is 10.7 Å². The van der Waals surface area contributed by atoms with Gasteiger partial charge in [0.15, 0.2) is 0 Å². The quantitative estimate of drug-likeness (QED) is 0.637. The van der Waals surface area contributed by atoms with Gasteiger partial charge in [-0.25, -0.2) is 4.79 Å². The van der Waals surface area contributed by atoms with Crippen LogP contribution in [0.4, 0.5) is 0 Å². The molecule has 26 heavy (non-hydrogen) atoms. The monoisotopic (exact) mass is 369 g/mol. The van der Waals surface area contributed by atoms with E-state index in [2.05, 4.69) is 10.1 Å². The Balaban J connectivity index is 1.37. The second kappa shape index (κ2) is 6.52. The maximum absolute atomic E-state index is 12.1. The summed E-state index contributed by atoms with van der Waals surface area (Å²) in [5.74, 6) is -1.33. The van der Waals surface area contributed by atoms with Crippen molar-refractivity contribution >= 4 is 29.1 Å². The third-order valence-electron chi connectivity index (χ3n) is 3.70. The molecule has 0 aliphatic carbocycles. The van der Waals surface area contributed by atoms with Crippen LogP contribution in [-0.2, 0) is 16.1 Å². The van der Waals surface area contributed by atoms with Crippen molar-refractivity contribution in [1.82, 2.24) is 15.2 Å². The van der Waals surface area contributed by atoms with E-state index < -0.39 is 17.8 Å². The number of benzene rings is 1. The molecule has 0 N–H and O–H groups in total.